The number of carbonyl (C=O) groups is 1. The summed E-state index contributed by atoms with van der Waals surface area (Å²) in [5, 5.41) is 10.7. The number of benzene rings is 1. The van der Waals surface area contributed by atoms with Gasteiger partial charge in [-0.2, -0.15) is 16.9 Å². The van der Waals surface area contributed by atoms with Gasteiger partial charge in [0.1, 0.15) is 0 Å². The van der Waals surface area contributed by atoms with Crippen LogP contribution in [-0.2, 0) is 0 Å². The minimum atomic E-state index is -0.131. The molecule has 6 heteroatoms. The number of nitrogen functional groups attached to an aromatic ring is 1. The number of aromatic amines is 1. The molecule has 1 fully saturated rings. The van der Waals surface area contributed by atoms with Gasteiger partial charge in [0.15, 0.2) is 5.69 Å². The van der Waals surface area contributed by atoms with Crippen molar-refractivity contribution < 1.29 is 4.79 Å². The number of hydrogen-bond donors (Lipinski definition) is 3. The Kier molecular flexibility index (Phi) is 3.33. The van der Waals surface area contributed by atoms with E-state index in [1.54, 1.807) is 12.1 Å². The van der Waals surface area contributed by atoms with Crippen molar-refractivity contribution in [2.45, 2.75) is 6.42 Å². The van der Waals surface area contributed by atoms with E-state index in [9.17, 15) is 4.79 Å². The third-order valence-electron chi connectivity index (χ3n) is 3.38. The zero-order chi connectivity index (χ0) is 13.2. The lowest BCUT2D eigenvalue weighted by Crippen LogP contribution is -2.29. The summed E-state index contributed by atoms with van der Waals surface area (Å²) < 4.78 is 0. The first kappa shape index (κ1) is 12.3. The van der Waals surface area contributed by atoms with Gasteiger partial charge < -0.3 is 11.1 Å². The fourth-order valence-corrected chi connectivity index (χ4v) is 3.55. The molecule has 0 saturated carbocycles. The summed E-state index contributed by atoms with van der Waals surface area (Å²) in [6.45, 7) is 0.725. The fraction of sp³-hybridized carbons (Fsp3) is 0.385. The topological polar surface area (TPSA) is 83.8 Å². The number of amides is 1. The summed E-state index contributed by atoms with van der Waals surface area (Å²) in [6, 6.07) is 5.40. The van der Waals surface area contributed by atoms with Gasteiger partial charge in [-0.15, -0.1) is 0 Å². The summed E-state index contributed by atoms with van der Waals surface area (Å²) in [7, 11) is 0. The standard InChI is InChI=1S/C13H16N4OS/c14-9-1-2-11-10(5-9)12(17-16-11)13(18)15-6-8-3-4-19-7-8/h1-2,5,8H,3-4,6-7,14H2,(H,15,18)(H,16,17). The minimum absolute atomic E-state index is 0.131. The SMILES string of the molecule is Nc1ccc2[nH]nc(C(=O)NCC3CCSC3)c2c1. The van der Waals surface area contributed by atoms with Crippen molar-refractivity contribution in [1.29, 1.82) is 0 Å². The van der Waals surface area contributed by atoms with Crippen LogP contribution >= 0.6 is 11.8 Å². The summed E-state index contributed by atoms with van der Waals surface area (Å²) in [5.74, 6) is 2.79. The average Bonchev–Trinajstić information content (AvgIpc) is 3.04. The number of carbonyl (C=O) groups excluding carboxylic acids is 1. The monoisotopic (exact) mass is 276 g/mol. The van der Waals surface area contributed by atoms with E-state index in [0.29, 0.717) is 17.3 Å². The number of nitrogens with zero attached hydrogens (tertiary/aromatic N) is 1. The van der Waals surface area contributed by atoms with Gasteiger partial charge in [0, 0.05) is 17.6 Å². The third kappa shape index (κ3) is 2.53. The Bertz CT molecular complexity index is 604. The fourth-order valence-electron chi connectivity index (χ4n) is 2.27. The predicted octanol–water partition coefficient (Wildman–Crippen LogP) is 1.63. The van der Waals surface area contributed by atoms with Crippen molar-refractivity contribution in [2.75, 3.05) is 23.8 Å². The van der Waals surface area contributed by atoms with Crippen LogP contribution in [0.25, 0.3) is 10.9 Å². The highest BCUT2D eigenvalue weighted by Crippen LogP contribution is 2.23. The maximum absolute atomic E-state index is 12.1. The van der Waals surface area contributed by atoms with Gasteiger partial charge in [-0.3, -0.25) is 9.89 Å². The van der Waals surface area contributed by atoms with Crippen LogP contribution in [0.4, 0.5) is 5.69 Å². The number of rotatable bonds is 3. The largest absolute Gasteiger partial charge is 0.399 e. The third-order valence-corrected chi connectivity index (χ3v) is 4.61. The number of nitrogens with two attached hydrogens (primary N) is 1. The number of aromatic nitrogens is 2. The van der Waals surface area contributed by atoms with Crippen LogP contribution in [-0.4, -0.2) is 34.2 Å². The molecule has 0 spiro atoms. The molecule has 1 aromatic carbocycles. The van der Waals surface area contributed by atoms with E-state index >= 15 is 0 Å². The maximum atomic E-state index is 12.1. The zero-order valence-corrected chi connectivity index (χ0v) is 11.3. The van der Waals surface area contributed by atoms with Crippen molar-refractivity contribution >= 4 is 34.3 Å². The Morgan fingerprint density at radius 1 is 1.58 bits per heavy atom. The Morgan fingerprint density at radius 2 is 2.47 bits per heavy atom. The Morgan fingerprint density at radius 3 is 3.26 bits per heavy atom. The molecular formula is C13H16N4OS. The molecule has 5 nitrogen and oxygen atoms in total. The molecule has 0 aliphatic carbocycles. The molecule has 2 heterocycles. The highest BCUT2D eigenvalue weighted by molar-refractivity contribution is 7.99. The lowest BCUT2D eigenvalue weighted by Gasteiger charge is -2.08. The van der Waals surface area contributed by atoms with Crippen LogP contribution in [0.15, 0.2) is 18.2 Å². The van der Waals surface area contributed by atoms with Gasteiger partial charge in [0.25, 0.3) is 5.91 Å². The van der Waals surface area contributed by atoms with Crippen LogP contribution in [0.2, 0.25) is 0 Å². The van der Waals surface area contributed by atoms with Crippen molar-refractivity contribution in [2.24, 2.45) is 5.92 Å². The molecular weight excluding hydrogens is 260 g/mol. The molecule has 4 N–H and O–H groups in total. The first-order chi connectivity index (χ1) is 9.24. The van der Waals surface area contributed by atoms with Crippen molar-refractivity contribution in [3.63, 3.8) is 0 Å². The van der Waals surface area contributed by atoms with Crippen molar-refractivity contribution in [3.05, 3.63) is 23.9 Å². The van der Waals surface area contributed by atoms with E-state index < -0.39 is 0 Å². The Labute approximate surface area is 115 Å². The van der Waals surface area contributed by atoms with E-state index in [0.717, 1.165) is 23.2 Å². The zero-order valence-electron chi connectivity index (χ0n) is 10.5. The number of fused-ring (bicyclic) bond motifs is 1. The van der Waals surface area contributed by atoms with Gasteiger partial charge in [-0.05, 0) is 42.0 Å². The lowest BCUT2D eigenvalue weighted by atomic mass is 10.1. The molecule has 1 aliphatic heterocycles. The van der Waals surface area contributed by atoms with Gasteiger partial charge in [0.2, 0.25) is 0 Å². The Hall–Kier alpha value is -1.69. The molecule has 1 unspecified atom stereocenters. The van der Waals surface area contributed by atoms with E-state index in [-0.39, 0.29) is 5.91 Å². The second-order valence-electron chi connectivity index (χ2n) is 4.82. The first-order valence-electron chi connectivity index (χ1n) is 6.33. The van der Waals surface area contributed by atoms with E-state index in [1.807, 2.05) is 17.8 Å². The second kappa shape index (κ2) is 5.13. The molecule has 100 valence electrons. The van der Waals surface area contributed by atoms with Gasteiger partial charge in [0.05, 0.1) is 5.52 Å². The molecule has 3 rings (SSSR count). The number of hydrogen-bond acceptors (Lipinski definition) is 4. The van der Waals surface area contributed by atoms with E-state index in [4.69, 9.17) is 5.73 Å². The highest BCUT2D eigenvalue weighted by Gasteiger charge is 2.19. The quantitative estimate of drug-likeness (QED) is 0.744. The molecule has 1 aliphatic rings. The Balaban J connectivity index is 1.75. The van der Waals surface area contributed by atoms with Gasteiger partial charge >= 0.3 is 0 Å². The number of H-pyrrole nitrogens is 1. The van der Waals surface area contributed by atoms with E-state index in [1.165, 1.54) is 12.2 Å². The smallest absolute Gasteiger partial charge is 0.272 e. The number of anilines is 1. The van der Waals surface area contributed by atoms with Gasteiger partial charge in [-0.25, -0.2) is 0 Å². The van der Waals surface area contributed by atoms with Crippen molar-refractivity contribution in [1.82, 2.24) is 15.5 Å². The van der Waals surface area contributed by atoms with Crippen LogP contribution in [0.5, 0.6) is 0 Å². The minimum Gasteiger partial charge on any atom is -0.399 e. The van der Waals surface area contributed by atoms with Crippen LogP contribution in [0, 0.1) is 5.92 Å². The first-order valence-corrected chi connectivity index (χ1v) is 7.49. The summed E-state index contributed by atoms with van der Waals surface area (Å²) in [5.41, 5.74) is 7.64. The molecule has 0 bridgehead atoms. The molecule has 1 aromatic heterocycles. The second-order valence-corrected chi connectivity index (χ2v) is 5.97. The molecule has 1 atom stereocenters. The summed E-state index contributed by atoms with van der Waals surface area (Å²) in [6.07, 6.45) is 1.18. The predicted molar refractivity (Wildman–Crippen MR) is 78.3 cm³/mol. The van der Waals surface area contributed by atoms with Crippen LogP contribution < -0.4 is 11.1 Å². The average molecular weight is 276 g/mol. The number of nitrogens with one attached hydrogen (secondary N) is 2. The molecule has 1 saturated heterocycles. The van der Waals surface area contributed by atoms with Crippen LogP contribution in [0.3, 0.4) is 0 Å². The van der Waals surface area contributed by atoms with Crippen molar-refractivity contribution in [3.8, 4) is 0 Å². The van der Waals surface area contributed by atoms with E-state index in [2.05, 4.69) is 15.5 Å². The van der Waals surface area contributed by atoms with Gasteiger partial charge in [-0.1, -0.05) is 0 Å². The molecule has 19 heavy (non-hydrogen) atoms. The lowest BCUT2D eigenvalue weighted by molar-refractivity contribution is 0.0945. The molecule has 0 radical (unpaired) electrons. The molecule has 2 aromatic rings. The normalized spacial score (nSPS) is 18.8. The number of thioether (sulfide) groups is 1. The molecule has 1 amide bonds. The summed E-state index contributed by atoms with van der Waals surface area (Å²) in [4.78, 5) is 12.1. The maximum Gasteiger partial charge on any atom is 0.272 e. The summed E-state index contributed by atoms with van der Waals surface area (Å²) >= 11 is 1.95. The highest BCUT2D eigenvalue weighted by atomic mass is 32.2. The van der Waals surface area contributed by atoms with Crippen LogP contribution in [0.1, 0.15) is 16.9 Å².